The molecule has 0 aliphatic carbocycles. The van der Waals surface area contributed by atoms with Crippen LogP contribution >= 0.6 is 24.0 Å². The van der Waals surface area contributed by atoms with Crippen molar-refractivity contribution in [2.45, 2.75) is 12.5 Å². The largest absolute Gasteiger partial charge is 0.369 e. The number of nitrogens with one attached hydrogen (secondary N) is 1. The molecule has 0 spiro atoms. The summed E-state index contributed by atoms with van der Waals surface area (Å²) < 4.78 is 5.79. The number of halogens is 2. The maximum Gasteiger partial charge on any atom is 0.140 e. The Morgan fingerprint density at radius 3 is 3.06 bits per heavy atom. The zero-order valence-corrected chi connectivity index (χ0v) is 10.9. The highest BCUT2D eigenvalue weighted by molar-refractivity contribution is 6.31. The maximum atomic E-state index is 6.20. The number of amidine groups is 1. The molecule has 0 fully saturated rings. The molecule has 0 aromatic heterocycles. The molecule has 3 nitrogen and oxygen atoms in total. The van der Waals surface area contributed by atoms with E-state index in [2.05, 4.69) is 16.4 Å². The van der Waals surface area contributed by atoms with E-state index < -0.39 is 0 Å². The van der Waals surface area contributed by atoms with Gasteiger partial charge < -0.3 is 10.1 Å². The standard InChI is InChI=1S/C12H13ClN2O.ClH/c13-10-3-1-2-9-8(10)4-7-16-11(9)12-14-5-6-15-12;/h1-3,11H,4-7H2,(H,14,15);1H. The molecule has 1 atom stereocenters. The van der Waals surface area contributed by atoms with Crippen LogP contribution in [0.5, 0.6) is 0 Å². The molecule has 1 aromatic rings. The summed E-state index contributed by atoms with van der Waals surface area (Å²) in [6.07, 6.45) is 0.837. The van der Waals surface area contributed by atoms with Crippen molar-refractivity contribution in [3.8, 4) is 0 Å². The Bertz CT molecular complexity index is 448. The van der Waals surface area contributed by atoms with Crippen LogP contribution in [-0.2, 0) is 11.2 Å². The summed E-state index contributed by atoms with van der Waals surface area (Å²) in [5, 5.41) is 4.11. The van der Waals surface area contributed by atoms with E-state index in [0.717, 1.165) is 35.9 Å². The minimum absolute atomic E-state index is 0. The molecule has 92 valence electrons. The molecule has 17 heavy (non-hydrogen) atoms. The summed E-state index contributed by atoms with van der Waals surface area (Å²) in [7, 11) is 0. The lowest BCUT2D eigenvalue weighted by Crippen LogP contribution is -2.31. The summed E-state index contributed by atoms with van der Waals surface area (Å²) in [6, 6.07) is 5.98. The second-order valence-electron chi connectivity index (χ2n) is 4.00. The average molecular weight is 273 g/mol. The first kappa shape index (κ1) is 12.7. The van der Waals surface area contributed by atoms with Crippen molar-refractivity contribution in [1.82, 2.24) is 5.32 Å². The van der Waals surface area contributed by atoms with Gasteiger partial charge in [-0.05, 0) is 23.6 Å². The Kier molecular flexibility index (Phi) is 3.92. The van der Waals surface area contributed by atoms with Gasteiger partial charge in [0.15, 0.2) is 0 Å². The molecule has 0 amide bonds. The Morgan fingerprint density at radius 1 is 1.41 bits per heavy atom. The highest BCUT2D eigenvalue weighted by Gasteiger charge is 2.27. The zero-order chi connectivity index (χ0) is 11.0. The highest BCUT2D eigenvalue weighted by Crippen LogP contribution is 2.32. The molecule has 5 heteroatoms. The van der Waals surface area contributed by atoms with Crippen molar-refractivity contribution < 1.29 is 4.74 Å². The third kappa shape index (κ3) is 2.28. The van der Waals surface area contributed by atoms with Crippen molar-refractivity contribution in [2.24, 2.45) is 4.99 Å². The van der Waals surface area contributed by atoms with Gasteiger partial charge in [-0.2, -0.15) is 0 Å². The van der Waals surface area contributed by atoms with Gasteiger partial charge in [-0.15, -0.1) is 12.4 Å². The van der Waals surface area contributed by atoms with Gasteiger partial charge in [0, 0.05) is 11.6 Å². The van der Waals surface area contributed by atoms with E-state index in [9.17, 15) is 0 Å². The van der Waals surface area contributed by atoms with Crippen LogP contribution in [0.3, 0.4) is 0 Å². The number of hydrogen-bond acceptors (Lipinski definition) is 3. The van der Waals surface area contributed by atoms with Gasteiger partial charge >= 0.3 is 0 Å². The summed E-state index contributed by atoms with van der Waals surface area (Å²) in [5.74, 6) is 0.947. The van der Waals surface area contributed by atoms with Gasteiger partial charge in [0.05, 0.1) is 13.2 Å². The first-order chi connectivity index (χ1) is 7.86. The van der Waals surface area contributed by atoms with Crippen molar-refractivity contribution >= 4 is 29.8 Å². The van der Waals surface area contributed by atoms with Crippen LogP contribution in [0, 0.1) is 0 Å². The third-order valence-corrected chi connectivity index (χ3v) is 3.38. The summed E-state index contributed by atoms with van der Waals surface area (Å²) >= 11 is 6.20. The van der Waals surface area contributed by atoms with Gasteiger partial charge in [0.25, 0.3) is 0 Å². The predicted octanol–water partition coefficient (Wildman–Crippen LogP) is 2.38. The molecule has 3 rings (SSSR count). The van der Waals surface area contributed by atoms with Gasteiger partial charge in [-0.1, -0.05) is 23.7 Å². The number of fused-ring (bicyclic) bond motifs is 1. The number of hydrogen-bond donors (Lipinski definition) is 1. The Balaban J connectivity index is 0.00000108. The number of aliphatic imine (C=N–C) groups is 1. The molecule has 0 radical (unpaired) electrons. The second-order valence-corrected chi connectivity index (χ2v) is 4.41. The number of ether oxygens (including phenoxy) is 1. The van der Waals surface area contributed by atoms with E-state index in [1.165, 1.54) is 5.56 Å². The van der Waals surface area contributed by atoms with E-state index in [-0.39, 0.29) is 18.5 Å². The first-order valence-corrected chi connectivity index (χ1v) is 5.91. The topological polar surface area (TPSA) is 33.6 Å². The van der Waals surface area contributed by atoms with E-state index in [0.29, 0.717) is 6.61 Å². The van der Waals surface area contributed by atoms with Gasteiger partial charge in [0.2, 0.25) is 0 Å². The fraction of sp³-hybridized carbons (Fsp3) is 0.417. The smallest absolute Gasteiger partial charge is 0.140 e. The monoisotopic (exact) mass is 272 g/mol. The van der Waals surface area contributed by atoms with Crippen LogP contribution < -0.4 is 5.32 Å². The van der Waals surface area contributed by atoms with Crippen LogP contribution in [0.25, 0.3) is 0 Å². The first-order valence-electron chi connectivity index (χ1n) is 5.53. The molecule has 1 aromatic carbocycles. The maximum absolute atomic E-state index is 6.20. The van der Waals surface area contributed by atoms with E-state index in [1.807, 2.05) is 12.1 Å². The Hall–Kier alpha value is -0.770. The minimum atomic E-state index is -0.0510. The molecular weight excluding hydrogens is 259 g/mol. The lowest BCUT2D eigenvalue weighted by Gasteiger charge is -2.26. The fourth-order valence-electron chi connectivity index (χ4n) is 2.27. The quantitative estimate of drug-likeness (QED) is 0.852. The van der Waals surface area contributed by atoms with Crippen molar-refractivity contribution in [3.05, 3.63) is 34.3 Å². The summed E-state index contributed by atoms with van der Waals surface area (Å²) in [4.78, 5) is 4.43. The SMILES string of the molecule is Cl.Clc1cccc2c1CCOC2C1=NCCN1. The Labute approximate surface area is 112 Å². The highest BCUT2D eigenvalue weighted by atomic mass is 35.5. The van der Waals surface area contributed by atoms with Gasteiger partial charge in [-0.25, -0.2) is 0 Å². The van der Waals surface area contributed by atoms with Crippen molar-refractivity contribution in [2.75, 3.05) is 19.7 Å². The van der Waals surface area contributed by atoms with E-state index in [1.54, 1.807) is 0 Å². The van der Waals surface area contributed by atoms with Crippen LogP contribution in [-0.4, -0.2) is 25.5 Å². The third-order valence-electron chi connectivity index (χ3n) is 3.02. The predicted molar refractivity (Wildman–Crippen MR) is 71.4 cm³/mol. The van der Waals surface area contributed by atoms with Crippen LogP contribution in [0.1, 0.15) is 17.2 Å². The lowest BCUT2D eigenvalue weighted by atomic mass is 9.97. The van der Waals surface area contributed by atoms with Gasteiger partial charge in [0.1, 0.15) is 11.9 Å². The molecule has 2 heterocycles. The number of benzene rings is 1. The van der Waals surface area contributed by atoms with Crippen molar-refractivity contribution in [3.63, 3.8) is 0 Å². The van der Waals surface area contributed by atoms with E-state index >= 15 is 0 Å². The molecule has 0 saturated heterocycles. The second kappa shape index (κ2) is 5.25. The number of nitrogens with zero attached hydrogens (tertiary/aromatic N) is 1. The molecule has 1 unspecified atom stereocenters. The summed E-state index contributed by atoms with van der Waals surface area (Å²) in [6.45, 7) is 2.46. The molecular formula is C12H14Cl2N2O. The van der Waals surface area contributed by atoms with Gasteiger partial charge in [-0.3, -0.25) is 4.99 Å². The number of rotatable bonds is 1. The average Bonchev–Trinajstić information content (AvgIpc) is 2.82. The molecule has 0 bridgehead atoms. The van der Waals surface area contributed by atoms with E-state index in [4.69, 9.17) is 16.3 Å². The molecule has 1 N–H and O–H groups in total. The Morgan fingerprint density at radius 2 is 2.29 bits per heavy atom. The minimum Gasteiger partial charge on any atom is -0.369 e. The lowest BCUT2D eigenvalue weighted by molar-refractivity contribution is 0.0861. The zero-order valence-electron chi connectivity index (χ0n) is 9.28. The molecule has 2 aliphatic heterocycles. The van der Waals surface area contributed by atoms with Crippen molar-refractivity contribution in [1.29, 1.82) is 0 Å². The summed E-state index contributed by atoms with van der Waals surface area (Å²) in [5.41, 5.74) is 2.36. The molecule has 2 aliphatic rings. The normalized spacial score (nSPS) is 22.2. The van der Waals surface area contributed by atoms with Crippen LogP contribution in [0.15, 0.2) is 23.2 Å². The van der Waals surface area contributed by atoms with Crippen LogP contribution in [0.2, 0.25) is 5.02 Å². The fourth-order valence-corrected chi connectivity index (χ4v) is 2.55. The molecule has 0 saturated carbocycles. The van der Waals surface area contributed by atoms with Crippen LogP contribution in [0.4, 0.5) is 0 Å².